The third-order valence-electron chi connectivity index (χ3n) is 5.93. The number of aromatic nitrogens is 4. The molecule has 27 heavy (non-hydrogen) atoms. The van der Waals surface area contributed by atoms with Crippen LogP contribution in [0.3, 0.4) is 0 Å². The monoisotopic (exact) mass is 383 g/mol. The Morgan fingerprint density at radius 1 is 1.11 bits per heavy atom. The summed E-state index contributed by atoms with van der Waals surface area (Å²) < 4.78 is 1.82. The van der Waals surface area contributed by atoms with Gasteiger partial charge in [-0.25, -0.2) is 4.68 Å². The van der Waals surface area contributed by atoms with Gasteiger partial charge in [-0.3, -0.25) is 4.98 Å². The summed E-state index contributed by atoms with van der Waals surface area (Å²) in [4.78, 5) is 4.15. The van der Waals surface area contributed by atoms with Crippen LogP contribution < -0.4 is 5.32 Å². The van der Waals surface area contributed by atoms with Crippen molar-refractivity contribution in [3.8, 4) is 11.3 Å². The molecule has 0 saturated carbocycles. The molecule has 1 saturated heterocycles. The van der Waals surface area contributed by atoms with Crippen molar-refractivity contribution < 1.29 is 5.11 Å². The van der Waals surface area contributed by atoms with Crippen molar-refractivity contribution >= 4 is 12.4 Å². The molecule has 1 fully saturated rings. The van der Waals surface area contributed by atoms with Gasteiger partial charge >= 0.3 is 0 Å². The summed E-state index contributed by atoms with van der Waals surface area (Å²) in [5, 5.41) is 23.5. The molecule has 2 aliphatic rings. The van der Waals surface area contributed by atoms with Gasteiger partial charge in [0.2, 0.25) is 0 Å². The predicted molar refractivity (Wildman–Crippen MR) is 105 cm³/mol. The highest BCUT2D eigenvalue weighted by molar-refractivity contribution is 5.85. The number of benzene rings is 1. The minimum atomic E-state index is -0.509. The first-order valence-corrected chi connectivity index (χ1v) is 9.10. The fraction of sp³-hybridized carbons (Fsp3) is 0.350. The molecule has 2 N–H and O–H groups in total. The average Bonchev–Trinajstić information content (AvgIpc) is 3.27. The van der Waals surface area contributed by atoms with Gasteiger partial charge in [-0.05, 0) is 49.2 Å². The number of halogens is 1. The molecule has 1 aliphatic carbocycles. The Morgan fingerprint density at radius 2 is 1.93 bits per heavy atom. The molecule has 1 aromatic carbocycles. The van der Waals surface area contributed by atoms with Crippen molar-refractivity contribution in [3.05, 3.63) is 66.1 Å². The molecule has 5 rings (SSSR count). The van der Waals surface area contributed by atoms with E-state index in [0.717, 1.165) is 42.8 Å². The van der Waals surface area contributed by atoms with Crippen molar-refractivity contribution in [1.82, 2.24) is 25.3 Å². The molecule has 2 aromatic heterocycles. The molecule has 0 unspecified atom stereocenters. The van der Waals surface area contributed by atoms with Gasteiger partial charge in [0, 0.05) is 23.4 Å². The number of aliphatic hydroxyl groups excluding tert-OH is 1. The summed E-state index contributed by atoms with van der Waals surface area (Å²) in [7, 11) is 0. The SMILES string of the molecule is Cl.O[C@H]1[C@H](n2cc(-c3cccnc3)nn2)c2ccccc2C12CCNCC2. The van der Waals surface area contributed by atoms with Crippen LogP contribution in [0, 0.1) is 0 Å². The van der Waals surface area contributed by atoms with Crippen LogP contribution in [0.4, 0.5) is 0 Å². The number of pyridine rings is 1. The zero-order valence-electron chi connectivity index (χ0n) is 14.8. The van der Waals surface area contributed by atoms with Crippen molar-refractivity contribution in [1.29, 1.82) is 0 Å². The van der Waals surface area contributed by atoms with E-state index >= 15 is 0 Å². The highest BCUT2D eigenvalue weighted by Crippen LogP contribution is 2.51. The molecule has 0 amide bonds. The number of nitrogens with one attached hydrogen (secondary N) is 1. The van der Waals surface area contributed by atoms with E-state index in [1.54, 1.807) is 12.4 Å². The van der Waals surface area contributed by atoms with Crippen LogP contribution in [0.5, 0.6) is 0 Å². The Morgan fingerprint density at radius 3 is 2.70 bits per heavy atom. The first-order valence-electron chi connectivity index (χ1n) is 9.10. The van der Waals surface area contributed by atoms with Crippen molar-refractivity contribution in [2.24, 2.45) is 0 Å². The molecule has 0 radical (unpaired) electrons. The minimum Gasteiger partial charge on any atom is -0.390 e. The van der Waals surface area contributed by atoms with Gasteiger partial charge in [0.15, 0.2) is 0 Å². The highest BCUT2D eigenvalue weighted by Gasteiger charge is 2.52. The Labute approximate surface area is 164 Å². The van der Waals surface area contributed by atoms with Gasteiger partial charge in [-0.2, -0.15) is 0 Å². The molecule has 7 heteroatoms. The maximum Gasteiger partial charge on any atom is 0.114 e. The third kappa shape index (κ3) is 2.76. The smallest absolute Gasteiger partial charge is 0.114 e. The second-order valence-corrected chi connectivity index (χ2v) is 7.21. The van der Waals surface area contributed by atoms with Crippen LogP contribution >= 0.6 is 12.4 Å². The van der Waals surface area contributed by atoms with Crippen LogP contribution in [-0.2, 0) is 5.41 Å². The molecule has 6 nitrogen and oxygen atoms in total. The van der Waals surface area contributed by atoms with E-state index in [2.05, 4.69) is 38.8 Å². The normalized spacial score (nSPS) is 23.0. The van der Waals surface area contributed by atoms with Crippen LogP contribution in [0.25, 0.3) is 11.3 Å². The summed E-state index contributed by atoms with van der Waals surface area (Å²) in [5.41, 5.74) is 3.92. The molecular formula is C20H22ClN5O. The molecule has 3 heterocycles. The number of hydrogen-bond acceptors (Lipinski definition) is 5. The average molecular weight is 384 g/mol. The van der Waals surface area contributed by atoms with E-state index in [1.165, 1.54) is 5.56 Å². The second-order valence-electron chi connectivity index (χ2n) is 7.21. The number of aliphatic hydroxyl groups is 1. The molecule has 1 spiro atoms. The van der Waals surface area contributed by atoms with E-state index in [0.29, 0.717) is 0 Å². The lowest BCUT2D eigenvalue weighted by Gasteiger charge is -2.38. The molecule has 0 bridgehead atoms. The summed E-state index contributed by atoms with van der Waals surface area (Å²) in [5.74, 6) is 0. The van der Waals surface area contributed by atoms with Crippen molar-refractivity contribution in [2.75, 3.05) is 13.1 Å². The minimum absolute atomic E-state index is 0. The Balaban J connectivity index is 0.00000180. The van der Waals surface area contributed by atoms with Crippen molar-refractivity contribution in [2.45, 2.75) is 30.4 Å². The molecule has 2 atom stereocenters. The van der Waals surface area contributed by atoms with E-state index in [-0.39, 0.29) is 23.9 Å². The van der Waals surface area contributed by atoms with Gasteiger partial charge in [-0.15, -0.1) is 17.5 Å². The number of fused-ring (bicyclic) bond motifs is 2. The third-order valence-corrected chi connectivity index (χ3v) is 5.93. The Bertz CT molecular complexity index is 923. The zero-order valence-corrected chi connectivity index (χ0v) is 15.6. The standard InChI is InChI=1S/C20H21N5O.ClH/c26-19-18(25-13-17(23-24-25)14-4-3-9-22-12-14)15-5-1-2-6-16(15)20(19)7-10-21-11-8-20;/h1-6,9,12-13,18-19,21,26H,7-8,10-11H2;1H/t18-,19+;/m1./s1. The maximum absolute atomic E-state index is 11.4. The molecule has 140 valence electrons. The lowest BCUT2D eigenvalue weighted by molar-refractivity contribution is 0.0421. The van der Waals surface area contributed by atoms with Crippen LogP contribution in [0.1, 0.15) is 30.0 Å². The van der Waals surface area contributed by atoms with Crippen LogP contribution in [-0.4, -0.2) is 44.3 Å². The first kappa shape index (κ1) is 18.1. The number of piperidine rings is 1. The highest BCUT2D eigenvalue weighted by atomic mass is 35.5. The molecule has 1 aliphatic heterocycles. The van der Waals surface area contributed by atoms with Crippen molar-refractivity contribution in [3.63, 3.8) is 0 Å². The van der Waals surface area contributed by atoms with E-state index in [1.807, 2.05) is 29.1 Å². The summed E-state index contributed by atoms with van der Waals surface area (Å²) in [6, 6.07) is 12.0. The van der Waals surface area contributed by atoms with E-state index in [4.69, 9.17) is 0 Å². The lowest BCUT2D eigenvalue weighted by atomic mass is 9.72. The van der Waals surface area contributed by atoms with Gasteiger partial charge < -0.3 is 10.4 Å². The van der Waals surface area contributed by atoms with Crippen LogP contribution in [0.2, 0.25) is 0 Å². The fourth-order valence-electron chi connectivity index (χ4n) is 4.62. The second kappa shape index (κ2) is 7.03. The number of hydrogen-bond donors (Lipinski definition) is 2. The summed E-state index contributed by atoms with van der Waals surface area (Å²) in [6.07, 6.45) is 6.80. The van der Waals surface area contributed by atoms with Gasteiger partial charge in [-0.1, -0.05) is 29.5 Å². The van der Waals surface area contributed by atoms with Gasteiger partial charge in [0.25, 0.3) is 0 Å². The lowest BCUT2D eigenvalue weighted by Crippen LogP contribution is -2.47. The quantitative estimate of drug-likeness (QED) is 0.710. The Kier molecular flexibility index (Phi) is 4.72. The van der Waals surface area contributed by atoms with Gasteiger partial charge in [0.05, 0.1) is 12.3 Å². The largest absolute Gasteiger partial charge is 0.390 e. The topological polar surface area (TPSA) is 75.9 Å². The molecular weight excluding hydrogens is 362 g/mol. The number of nitrogens with zero attached hydrogens (tertiary/aromatic N) is 4. The summed E-state index contributed by atoms with van der Waals surface area (Å²) in [6.45, 7) is 1.85. The van der Waals surface area contributed by atoms with E-state index < -0.39 is 6.10 Å². The van der Waals surface area contributed by atoms with Gasteiger partial charge in [0.1, 0.15) is 11.7 Å². The molecule has 3 aromatic rings. The maximum atomic E-state index is 11.4. The van der Waals surface area contributed by atoms with E-state index in [9.17, 15) is 5.11 Å². The summed E-state index contributed by atoms with van der Waals surface area (Å²) >= 11 is 0. The Hall–Kier alpha value is -2.28. The number of rotatable bonds is 2. The fourth-order valence-corrected chi connectivity index (χ4v) is 4.62. The predicted octanol–water partition coefficient (Wildman–Crippen LogP) is 2.35. The zero-order chi connectivity index (χ0) is 17.6. The first-order chi connectivity index (χ1) is 12.8. The van der Waals surface area contributed by atoms with Crippen LogP contribution in [0.15, 0.2) is 55.0 Å².